The summed E-state index contributed by atoms with van der Waals surface area (Å²) in [5, 5.41) is 3.04. The Morgan fingerprint density at radius 1 is 1.44 bits per heavy atom. The molecule has 0 radical (unpaired) electrons. The van der Waals surface area contributed by atoms with Crippen LogP contribution < -0.4 is 15.8 Å². The predicted molar refractivity (Wildman–Crippen MR) is 68.1 cm³/mol. The third-order valence-electron chi connectivity index (χ3n) is 2.02. The summed E-state index contributed by atoms with van der Waals surface area (Å²) in [7, 11) is 1.63. The highest BCUT2D eigenvalue weighted by atomic mass is 16.5. The van der Waals surface area contributed by atoms with Gasteiger partial charge in [0.1, 0.15) is 5.75 Å². The summed E-state index contributed by atoms with van der Waals surface area (Å²) in [6, 6.07) is 6.03. The summed E-state index contributed by atoms with van der Waals surface area (Å²) < 4.78 is 5.23. The Morgan fingerprint density at radius 3 is 2.69 bits per heavy atom. The Balaban J connectivity index is 2.91. The Labute approximate surface area is 96.5 Å². The van der Waals surface area contributed by atoms with Crippen LogP contribution in [0, 0.1) is 6.92 Å². The number of nitrogens with zero attached hydrogens (tertiary/aromatic N) is 1. The first kappa shape index (κ1) is 12.4. The minimum atomic E-state index is 0.170. The fourth-order valence-electron chi connectivity index (χ4n) is 1.37. The highest BCUT2D eigenvalue weighted by Crippen LogP contribution is 2.24. The minimum Gasteiger partial charge on any atom is -0.495 e. The van der Waals surface area contributed by atoms with Crippen molar-refractivity contribution in [2.45, 2.75) is 26.8 Å². The van der Waals surface area contributed by atoms with Crippen molar-refractivity contribution in [2.75, 3.05) is 12.4 Å². The Bertz CT molecular complexity index is 386. The van der Waals surface area contributed by atoms with E-state index in [-0.39, 0.29) is 6.04 Å². The zero-order chi connectivity index (χ0) is 12.1. The van der Waals surface area contributed by atoms with E-state index in [1.54, 1.807) is 7.11 Å². The van der Waals surface area contributed by atoms with Crippen molar-refractivity contribution >= 4 is 11.6 Å². The van der Waals surface area contributed by atoms with E-state index in [2.05, 4.69) is 10.3 Å². The first-order chi connectivity index (χ1) is 7.52. The standard InChI is InChI=1S/C12H19N3O/c1-8(2)14-12(13)15-10-7-9(3)5-6-11(10)16-4/h5-8H,1-4H3,(H3,13,14,15). The number of nitrogens with one attached hydrogen (secondary N) is 1. The van der Waals surface area contributed by atoms with Gasteiger partial charge in [0, 0.05) is 6.04 Å². The monoisotopic (exact) mass is 221 g/mol. The number of aryl methyl sites for hydroxylation is 1. The second kappa shape index (κ2) is 5.39. The summed E-state index contributed by atoms with van der Waals surface area (Å²) in [5.41, 5.74) is 7.74. The Morgan fingerprint density at radius 2 is 2.12 bits per heavy atom. The second-order valence-electron chi connectivity index (χ2n) is 3.94. The smallest absolute Gasteiger partial charge is 0.193 e. The van der Waals surface area contributed by atoms with Crippen molar-refractivity contribution in [2.24, 2.45) is 10.7 Å². The van der Waals surface area contributed by atoms with Gasteiger partial charge >= 0.3 is 0 Å². The number of benzene rings is 1. The molecule has 1 aromatic rings. The number of aliphatic imine (C=N–C) groups is 1. The van der Waals surface area contributed by atoms with Crippen LogP contribution >= 0.6 is 0 Å². The highest BCUT2D eigenvalue weighted by Gasteiger charge is 2.04. The molecule has 3 N–H and O–H groups in total. The number of rotatable bonds is 3. The van der Waals surface area contributed by atoms with Crippen molar-refractivity contribution in [1.29, 1.82) is 0 Å². The summed E-state index contributed by atoms with van der Waals surface area (Å²) >= 11 is 0. The fraction of sp³-hybridized carbons (Fsp3) is 0.417. The van der Waals surface area contributed by atoms with Gasteiger partial charge in [-0.25, -0.2) is 0 Å². The maximum Gasteiger partial charge on any atom is 0.193 e. The van der Waals surface area contributed by atoms with E-state index >= 15 is 0 Å². The molecule has 0 atom stereocenters. The van der Waals surface area contributed by atoms with Gasteiger partial charge in [0.15, 0.2) is 5.96 Å². The first-order valence-electron chi connectivity index (χ1n) is 5.28. The van der Waals surface area contributed by atoms with Gasteiger partial charge in [-0.05, 0) is 38.5 Å². The van der Waals surface area contributed by atoms with Crippen LogP contribution in [0.4, 0.5) is 5.69 Å². The largest absolute Gasteiger partial charge is 0.495 e. The van der Waals surface area contributed by atoms with Crippen LogP contribution in [0.1, 0.15) is 19.4 Å². The molecule has 0 amide bonds. The number of anilines is 1. The van der Waals surface area contributed by atoms with Crippen LogP contribution in [0.5, 0.6) is 5.75 Å². The van der Waals surface area contributed by atoms with E-state index in [9.17, 15) is 0 Å². The molecule has 4 heteroatoms. The predicted octanol–water partition coefficient (Wildman–Crippen LogP) is 2.14. The molecule has 0 saturated heterocycles. The Kier molecular flexibility index (Phi) is 4.17. The molecule has 0 fully saturated rings. The number of hydrogen-bond donors (Lipinski definition) is 2. The van der Waals surface area contributed by atoms with Crippen LogP contribution in [-0.4, -0.2) is 19.1 Å². The SMILES string of the molecule is COc1ccc(C)cc1NC(N)=NC(C)C. The van der Waals surface area contributed by atoms with Gasteiger partial charge in [0.05, 0.1) is 12.8 Å². The van der Waals surface area contributed by atoms with Crippen LogP contribution in [0.15, 0.2) is 23.2 Å². The van der Waals surface area contributed by atoms with Gasteiger partial charge < -0.3 is 15.8 Å². The molecule has 0 aliphatic rings. The summed E-state index contributed by atoms with van der Waals surface area (Å²) in [5.74, 6) is 1.16. The van der Waals surface area contributed by atoms with Crippen molar-refractivity contribution in [3.63, 3.8) is 0 Å². The van der Waals surface area contributed by atoms with E-state index in [0.717, 1.165) is 17.0 Å². The molecule has 0 spiro atoms. The van der Waals surface area contributed by atoms with Gasteiger partial charge in [-0.3, -0.25) is 4.99 Å². The molecule has 1 rings (SSSR count). The molecule has 0 bridgehead atoms. The van der Waals surface area contributed by atoms with Gasteiger partial charge in [0.2, 0.25) is 0 Å². The molecule has 16 heavy (non-hydrogen) atoms. The molecule has 4 nitrogen and oxygen atoms in total. The number of hydrogen-bond acceptors (Lipinski definition) is 2. The molecule has 1 aromatic carbocycles. The van der Waals surface area contributed by atoms with Crippen molar-refractivity contribution < 1.29 is 4.74 Å². The highest BCUT2D eigenvalue weighted by molar-refractivity contribution is 5.93. The van der Waals surface area contributed by atoms with Crippen LogP contribution in [-0.2, 0) is 0 Å². The van der Waals surface area contributed by atoms with Crippen LogP contribution in [0.2, 0.25) is 0 Å². The zero-order valence-corrected chi connectivity index (χ0v) is 10.2. The molecule has 0 unspecified atom stereocenters. The molecule has 0 aliphatic heterocycles. The van der Waals surface area contributed by atoms with E-state index in [1.165, 1.54) is 0 Å². The lowest BCUT2D eigenvalue weighted by Gasteiger charge is -2.11. The topological polar surface area (TPSA) is 59.6 Å². The summed E-state index contributed by atoms with van der Waals surface area (Å²) in [6.45, 7) is 5.96. The molecule has 0 heterocycles. The van der Waals surface area contributed by atoms with Gasteiger partial charge in [-0.15, -0.1) is 0 Å². The van der Waals surface area contributed by atoms with E-state index in [1.807, 2.05) is 39.0 Å². The lowest BCUT2D eigenvalue weighted by molar-refractivity contribution is 0.417. The number of methoxy groups -OCH3 is 1. The summed E-state index contributed by atoms with van der Waals surface area (Å²) in [4.78, 5) is 4.21. The fourth-order valence-corrected chi connectivity index (χ4v) is 1.37. The third-order valence-corrected chi connectivity index (χ3v) is 2.02. The van der Waals surface area contributed by atoms with Crippen molar-refractivity contribution in [3.8, 4) is 5.75 Å². The molecular formula is C12H19N3O. The van der Waals surface area contributed by atoms with Crippen molar-refractivity contribution in [1.82, 2.24) is 0 Å². The van der Waals surface area contributed by atoms with E-state index in [4.69, 9.17) is 10.5 Å². The number of ether oxygens (including phenoxy) is 1. The maximum atomic E-state index is 5.76. The molecular weight excluding hydrogens is 202 g/mol. The van der Waals surface area contributed by atoms with Gasteiger partial charge in [-0.2, -0.15) is 0 Å². The van der Waals surface area contributed by atoms with Crippen LogP contribution in [0.3, 0.4) is 0 Å². The van der Waals surface area contributed by atoms with E-state index in [0.29, 0.717) is 5.96 Å². The average molecular weight is 221 g/mol. The maximum absolute atomic E-state index is 5.76. The summed E-state index contributed by atoms with van der Waals surface area (Å²) in [6.07, 6.45) is 0. The molecule has 88 valence electrons. The molecule has 0 aliphatic carbocycles. The normalized spacial score (nSPS) is 11.7. The zero-order valence-electron chi connectivity index (χ0n) is 10.2. The Hall–Kier alpha value is -1.71. The molecule has 0 saturated carbocycles. The quantitative estimate of drug-likeness (QED) is 0.607. The lowest BCUT2D eigenvalue weighted by atomic mass is 10.2. The average Bonchev–Trinajstić information content (AvgIpc) is 2.16. The lowest BCUT2D eigenvalue weighted by Crippen LogP contribution is -2.24. The number of nitrogens with two attached hydrogens (primary N) is 1. The third kappa shape index (κ3) is 3.46. The van der Waals surface area contributed by atoms with Gasteiger partial charge in [-0.1, -0.05) is 6.07 Å². The van der Waals surface area contributed by atoms with Crippen molar-refractivity contribution in [3.05, 3.63) is 23.8 Å². The molecule has 0 aromatic heterocycles. The van der Waals surface area contributed by atoms with Gasteiger partial charge in [0.25, 0.3) is 0 Å². The first-order valence-corrected chi connectivity index (χ1v) is 5.28. The number of guanidine groups is 1. The van der Waals surface area contributed by atoms with Crippen LogP contribution in [0.25, 0.3) is 0 Å². The van der Waals surface area contributed by atoms with E-state index < -0.39 is 0 Å². The second-order valence-corrected chi connectivity index (χ2v) is 3.94. The minimum absolute atomic E-state index is 0.170.